The van der Waals surface area contributed by atoms with Gasteiger partial charge in [0.25, 0.3) is 0 Å². The van der Waals surface area contributed by atoms with E-state index in [0.717, 1.165) is 22.3 Å². The van der Waals surface area contributed by atoms with Crippen molar-refractivity contribution in [3.8, 4) is 0 Å². The first kappa shape index (κ1) is 32.5. The Kier molecular flexibility index (Phi) is 12.7. The maximum Gasteiger partial charge on any atom is 0.305 e. The van der Waals surface area contributed by atoms with E-state index in [4.69, 9.17) is 28.4 Å². The lowest BCUT2D eigenvalue weighted by molar-refractivity contribution is -0.273. The third-order valence-electron chi connectivity index (χ3n) is 7.84. The zero-order valence-electron chi connectivity index (χ0n) is 25.7. The molecule has 0 saturated carbocycles. The Bertz CT molecular complexity index is 1390. The number of rotatable bonds is 16. The minimum absolute atomic E-state index is 0.185. The van der Waals surface area contributed by atoms with Crippen molar-refractivity contribution in [3.05, 3.63) is 144 Å². The molecule has 1 fully saturated rings. The summed E-state index contributed by atoms with van der Waals surface area (Å²) in [6.45, 7) is 1.80. The Morgan fingerprint density at radius 3 is 1.40 bits per heavy atom. The average molecular weight is 611 g/mol. The van der Waals surface area contributed by atoms with E-state index in [1.165, 1.54) is 7.11 Å². The predicted molar refractivity (Wildman–Crippen MR) is 171 cm³/mol. The summed E-state index contributed by atoms with van der Waals surface area (Å²) in [5, 5.41) is 0. The van der Waals surface area contributed by atoms with Gasteiger partial charge in [-0.15, -0.1) is 0 Å². The number of carbonyl (C=O) groups is 1. The van der Waals surface area contributed by atoms with E-state index in [-0.39, 0.29) is 19.0 Å². The molecule has 1 heterocycles. The van der Waals surface area contributed by atoms with E-state index in [9.17, 15) is 4.79 Å². The quantitative estimate of drug-likeness (QED) is 0.131. The zero-order chi connectivity index (χ0) is 31.1. The van der Waals surface area contributed by atoms with Gasteiger partial charge in [0.15, 0.2) is 0 Å². The van der Waals surface area contributed by atoms with E-state index >= 15 is 0 Å². The van der Waals surface area contributed by atoms with Crippen LogP contribution in [0.25, 0.3) is 0 Å². The molecule has 5 rings (SSSR count). The smallest absolute Gasteiger partial charge is 0.305 e. The van der Waals surface area contributed by atoms with Crippen LogP contribution in [0.3, 0.4) is 0 Å². The van der Waals surface area contributed by atoms with Crippen molar-refractivity contribution in [3.63, 3.8) is 0 Å². The highest BCUT2D eigenvalue weighted by molar-refractivity contribution is 5.69. The molecule has 1 aliphatic rings. The number of esters is 1. The number of benzene rings is 4. The molecule has 236 valence electrons. The second-order valence-electron chi connectivity index (χ2n) is 11.1. The standard InChI is InChI=1S/C38H42O7/c1-40-35(39)23-22-33-36(42-25-30-16-8-3-9-17-30)38(44-27-32-20-12-5-13-21-32)37(43-26-31-18-10-4-11-19-31)34(45-33)28-41-24-29-14-6-2-7-15-29/h2-21,33-34,36-38H,22-28H2,1H3/t33?,34-,36-,37-,38-/m1/s1. The van der Waals surface area contributed by atoms with Crippen LogP contribution < -0.4 is 0 Å². The summed E-state index contributed by atoms with van der Waals surface area (Å²) in [6, 6.07) is 40.1. The molecule has 1 aliphatic heterocycles. The largest absolute Gasteiger partial charge is 0.469 e. The molecule has 4 aromatic rings. The summed E-state index contributed by atoms with van der Waals surface area (Å²) in [4.78, 5) is 12.3. The molecule has 1 unspecified atom stereocenters. The molecule has 0 bridgehead atoms. The van der Waals surface area contributed by atoms with Gasteiger partial charge in [0.2, 0.25) is 0 Å². The van der Waals surface area contributed by atoms with Crippen LogP contribution in [-0.4, -0.2) is 50.2 Å². The number of carbonyl (C=O) groups excluding carboxylic acids is 1. The van der Waals surface area contributed by atoms with Gasteiger partial charge in [0.05, 0.1) is 46.2 Å². The van der Waals surface area contributed by atoms with Crippen molar-refractivity contribution in [2.24, 2.45) is 0 Å². The van der Waals surface area contributed by atoms with Crippen molar-refractivity contribution >= 4 is 5.97 Å². The van der Waals surface area contributed by atoms with Crippen molar-refractivity contribution in [2.75, 3.05) is 13.7 Å². The summed E-state index contributed by atoms with van der Waals surface area (Å²) in [6.07, 6.45) is -1.90. The van der Waals surface area contributed by atoms with Crippen LogP contribution in [0.2, 0.25) is 0 Å². The number of ether oxygens (including phenoxy) is 6. The van der Waals surface area contributed by atoms with Crippen LogP contribution in [0.1, 0.15) is 35.1 Å². The first-order chi connectivity index (χ1) is 22.2. The van der Waals surface area contributed by atoms with Crippen molar-refractivity contribution in [1.82, 2.24) is 0 Å². The number of methoxy groups -OCH3 is 1. The van der Waals surface area contributed by atoms with E-state index in [1.54, 1.807) is 0 Å². The molecule has 7 nitrogen and oxygen atoms in total. The fraction of sp³-hybridized carbons (Fsp3) is 0.342. The molecule has 45 heavy (non-hydrogen) atoms. The summed E-state index contributed by atoms with van der Waals surface area (Å²) in [5.41, 5.74) is 4.17. The van der Waals surface area contributed by atoms with E-state index in [2.05, 4.69) is 0 Å². The maximum absolute atomic E-state index is 12.3. The van der Waals surface area contributed by atoms with Crippen LogP contribution in [0.5, 0.6) is 0 Å². The highest BCUT2D eigenvalue weighted by Gasteiger charge is 2.48. The molecule has 4 aromatic carbocycles. The summed E-state index contributed by atoms with van der Waals surface area (Å²) >= 11 is 0. The van der Waals surface area contributed by atoms with Gasteiger partial charge in [-0.2, -0.15) is 0 Å². The maximum atomic E-state index is 12.3. The summed E-state index contributed by atoms with van der Waals surface area (Å²) < 4.78 is 38.0. The lowest BCUT2D eigenvalue weighted by atomic mass is 9.91. The highest BCUT2D eigenvalue weighted by atomic mass is 16.6. The molecule has 1 saturated heterocycles. The highest BCUT2D eigenvalue weighted by Crippen LogP contribution is 2.33. The van der Waals surface area contributed by atoms with Crippen molar-refractivity contribution < 1.29 is 33.2 Å². The molecule has 0 amide bonds. The van der Waals surface area contributed by atoms with E-state index in [1.807, 2.05) is 121 Å². The lowest BCUT2D eigenvalue weighted by Gasteiger charge is -2.46. The molecule has 0 radical (unpaired) electrons. The second kappa shape index (κ2) is 17.6. The molecule has 7 heteroatoms. The molecule has 0 spiro atoms. The SMILES string of the molecule is COC(=O)CCC1O[C@H](COCc2ccccc2)[C@@H](OCc2ccccc2)[C@H](OCc2ccccc2)[C@@H]1OCc1ccccc1. The van der Waals surface area contributed by atoms with Crippen LogP contribution in [0, 0.1) is 0 Å². The van der Waals surface area contributed by atoms with Gasteiger partial charge in [-0.05, 0) is 28.7 Å². The fourth-order valence-electron chi connectivity index (χ4n) is 5.48. The second-order valence-corrected chi connectivity index (χ2v) is 11.1. The minimum Gasteiger partial charge on any atom is -0.469 e. The Hall–Kier alpha value is -3.85. The third-order valence-corrected chi connectivity index (χ3v) is 7.84. The van der Waals surface area contributed by atoms with Gasteiger partial charge in [-0.3, -0.25) is 4.79 Å². The number of hydrogen-bond donors (Lipinski definition) is 0. The first-order valence-corrected chi connectivity index (χ1v) is 15.5. The molecular weight excluding hydrogens is 568 g/mol. The lowest BCUT2D eigenvalue weighted by Crippen LogP contribution is -2.61. The average Bonchev–Trinajstić information content (AvgIpc) is 3.10. The van der Waals surface area contributed by atoms with Crippen LogP contribution in [0.15, 0.2) is 121 Å². The van der Waals surface area contributed by atoms with Crippen molar-refractivity contribution in [1.29, 1.82) is 0 Å². The number of hydrogen-bond acceptors (Lipinski definition) is 7. The Morgan fingerprint density at radius 2 is 0.956 bits per heavy atom. The Morgan fingerprint density at radius 1 is 0.556 bits per heavy atom. The van der Waals surface area contributed by atoms with Crippen LogP contribution in [0.4, 0.5) is 0 Å². The Balaban J connectivity index is 1.43. The fourth-order valence-corrected chi connectivity index (χ4v) is 5.48. The van der Waals surface area contributed by atoms with Gasteiger partial charge in [-0.1, -0.05) is 121 Å². The zero-order valence-corrected chi connectivity index (χ0v) is 25.7. The van der Waals surface area contributed by atoms with Gasteiger partial charge >= 0.3 is 5.97 Å². The topological polar surface area (TPSA) is 72.5 Å². The van der Waals surface area contributed by atoms with E-state index < -0.39 is 30.5 Å². The molecule has 0 N–H and O–H groups in total. The van der Waals surface area contributed by atoms with Gasteiger partial charge in [0.1, 0.15) is 24.4 Å². The molecule has 5 atom stereocenters. The van der Waals surface area contributed by atoms with Gasteiger partial charge in [0, 0.05) is 6.42 Å². The normalized spacial score (nSPS) is 21.3. The first-order valence-electron chi connectivity index (χ1n) is 15.5. The molecule has 0 aromatic heterocycles. The Labute approximate surface area is 266 Å². The molecular formula is C38H42O7. The molecule has 0 aliphatic carbocycles. The van der Waals surface area contributed by atoms with Crippen LogP contribution >= 0.6 is 0 Å². The monoisotopic (exact) mass is 610 g/mol. The van der Waals surface area contributed by atoms with Gasteiger partial charge < -0.3 is 28.4 Å². The summed E-state index contributed by atoms with van der Waals surface area (Å²) in [5.74, 6) is -0.304. The summed E-state index contributed by atoms with van der Waals surface area (Å²) in [7, 11) is 1.40. The third kappa shape index (κ3) is 10.1. The van der Waals surface area contributed by atoms with E-state index in [0.29, 0.717) is 32.8 Å². The van der Waals surface area contributed by atoms with Gasteiger partial charge in [-0.25, -0.2) is 0 Å². The minimum atomic E-state index is -0.523. The van der Waals surface area contributed by atoms with Crippen LogP contribution in [-0.2, 0) is 59.6 Å². The predicted octanol–water partition coefficient (Wildman–Crippen LogP) is 6.68. The van der Waals surface area contributed by atoms with Crippen molar-refractivity contribution in [2.45, 2.75) is 69.8 Å².